The number of carbonyl (C=O) groups excluding carboxylic acids is 3. The van der Waals surface area contributed by atoms with Crippen molar-refractivity contribution >= 4 is 52.4 Å². The van der Waals surface area contributed by atoms with Gasteiger partial charge in [0.25, 0.3) is 5.91 Å². The van der Waals surface area contributed by atoms with E-state index in [0.717, 1.165) is 4.88 Å². The molecule has 0 spiro atoms. The van der Waals surface area contributed by atoms with Crippen LogP contribution in [0.15, 0.2) is 47.0 Å². The first-order valence-corrected chi connectivity index (χ1v) is 13.9. The smallest absolute Gasteiger partial charge is 0.338 e. The summed E-state index contributed by atoms with van der Waals surface area (Å²) in [5.74, 6) is -0.493. The van der Waals surface area contributed by atoms with Crippen LogP contribution in [-0.2, 0) is 9.53 Å². The van der Waals surface area contributed by atoms with Crippen LogP contribution in [0, 0.1) is 0 Å². The van der Waals surface area contributed by atoms with E-state index in [0.29, 0.717) is 54.6 Å². The number of ether oxygens (including phenoxy) is 1. The Hall–Kier alpha value is -2.59. The Morgan fingerprint density at radius 3 is 2.59 bits per heavy atom. The van der Waals surface area contributed by atoms with E-state index in [1.807, 2.05) is 36.3 Å². The zero-order valence-corrected chi connectivity index (χ0v) is 23.3. The second kappa shape index (κ2) is 11.9. The Kier molecular flexibility index (Phi) is 8.79. The van der Waals surface area contributed by atoms with Crippen molar-refractivity contribution in [1.82, 2.24) is 20.0 Å². The molecule has 2 aliphatic rings. The Bertz CT molecular complexity index is 1200. The minimum atomic E-state index is -0.810. The van der Waals surface area contributed by atoms with E-state index in [2.05, 4.69) is 10.2 Å². The Labute approximate surface area is 230 Å². The van der Waals surface area contributed by atoms with E-state index in [1.54, 1.807) is 30.0 Å². The Balaban J connectivity index is 1.67. The zero-order chi connectivity index (χ0) is 26.7. The highest BCUT2D eigenvalue weighted by molar-refractivity contribution is 7.12. The topological polar surface area (TPSA) is 82.2 Å². The highest BCUT2D eigenvalue weighted by Crippen LogP contribution is 2.38. The zero-order valence-electron chi connectivity index (χ0n) is 21.0. The lowest BCUT2D eigenvalue weighted by Gasteiger charge is -2.42. The van der Waals surface area contributed by atoms with Gasteiger partial charge in [0.05, 0.1) is 33.1 Å². The van der Waals surface area contributed by atoms with Gasteiger partial charge in [0.2, 0.25) is 0 Å². The molecule has 3 amide bonds. The third-order valence-electron chi connectivity index (χ3n) is 6.62. The molecule has 0 bridgehead atoms. The summed E-state index contributed by atoms with van der Waals surface area (Å²) in [6.07, 6.45) is 0. The first-order valence-electron chi connectivity index (χ1n) is 12.3. The van der Waals surface area contributed by atoms with Crippen LogP contribution in [0.4, 0.5) is 4.79 Å². The van der Waals surface area contributed by atoms with E-state index in [1.165, 1.54) is 11.3 Å². The van der Waals surface area contributed by atoms with Gasteiger partial charge < -0.3 is 15.0 Å². The molecule has 1 aromatic carbocycles. The molecule has 3 heterocycles. The fourth-order valence-electron chi connectivity index (χ4n) is 4.87. The number of amides is 3. The lowest BCUT2D eigenvalue weighted by atomic mass is 9.93. The number of benzene rings is 1. The molecule has 0 aliphatic carbocycles. The molecule has 198 valence electrons. The molecule has 37 heavy (non-hydrogen) atoms. The van der Waals surface area contributed by atoms with Gasteiger partial charge in [0, 0.05) is 44.5 Å². The molecule has 0 unspecified atom stereocenters. The fourth-order valence-corrected chi connectivity index (χ4v) is 5.96. The summed E-state index contributed by atoms with van der Waals surface area (Å²) in [4.78, 5) is 45.8. The van der Waals surface area contributed by atoms with E-state index in [9.17, 15) is 14.4 Å². The van der Waals surface area contributed by atoms with Gasteiger partial charge in [-0.3, -0.25) is 14.6 Å². The SMILES string of the molecule is CCOC(=O)C1=C(CN2CCN(C(=O)c3cccs3)[C@@H](C)C2)N(CC)C(=O)N[C@H]1c1cccc(Cl)c1Cl. The maximum atomic E-state index is 13.3. The molecular weight excluding hydrogens is 535 g/mol. The van der Waals surface area contributed by atoms with Crippen LogP contribution in [0.2, 0.25) is 10.0 Å². The number of carbonyl (C=O) groups is 3. The van der Waals surface area contributed by atoms with Gasteiger partial charge in [0.15, 0.2) is 0 Å². The third kappa shape index (κ3) is 5.65. The van der Waals surface area contributed by atoms with E-state index >= 15 is 0 Å². The second-order valence-electron chi connectivity index (χ2n) is 8.91. The number of thiophene rings is 1. The summed E-state index contributed by atoms with van der Waals surface area (Å²) in [5, 5.41) is 5.42. The first-order chi connectivity index (χ1) is 17.8. The van der Waals surface area contributed by atoms with Gasteiger partial charge in [-0.05, 0) is 43.8 Å². The van der Waals surface area contributed by atoms with Crippen LogP contribution >= 0.6 is 34.5 Å². The van der Waals surface area contributed by atoms with Gasteiger partial charge in [-0.25, -0.2) is 9.59 Å². The van der Waals surface area contributed by atoms with E-state index in [4.69, 9.17) is 27.9 Å². The predicted molar refractivity (Wildman–Crippen MR) is 145 cm³/mol. The first kappa shape index (κ1) is 27.4. The third-order valence-corrected chi connectivity index (χ3v) is 8.31. The number of hydrogen-bond acceptors (Lipinski definition) is 6. The molecule has 1 saturated heterocycles. The molecule has 2 aromatic rings. The number of hydrogen-bond donors (Lipinski definition) is 1. The maximum Gasteiger partial charge on any atom is 0.338 e. The lowest BCUT2D eigenvalue weighted by Crippen LogP contribution is -2.56. The van der Waals surface area contributed by atoms with Gasteiger partial charge in [-0.2, -0.15) is 0 Å². The normalized spacial score (nSPS) is 20.7. The molecule has 8 nitrogen and oxygen atoms in total. The minimum Gasteiger partial charge on any atom is -0.463 e. The molecule has 2 aliphatic heterocycles. The molecule has 1 N–H and O–H groups in total. The number of halogens is 2. The molecule has 1 fully saturated rings. The highest BCUT2D eigenvalue weighted by Gasteiger charge is 2.40. The predicted octanol–water partition coefficient (Wildman–Crippen LogP) is 4.80. The molecule has 0 radical (unpaired) electrons. The molecule has 4 rings (SSSR count). The lowest BCUT2D eigenvalue weighted by molar-refractivity contribution is -0.139. The Morgan fingerprint density at radius 1 is 1.16 bits per heavy atom. The molecule has 2 atom stereocenters. The molecule has 11 heteroatoms. The number of nitrogens with zero attached hydrogens (tertiary/aromatic N) is 3. The summed E-state index contributed by atoms with van der Waals surface area (Å²) in [7, 11) is 0. The quantitative estimate of drug-likeness (QED) is 0.488. The van der Waals surface area contributed by atoms with Crippen LogP contribution in [0.3, 0.4) is 0 Å². The molecule has 1 aromatic heterocycles. The monoisotopic (exact) mass is 564 g/mol. The average molecular weight is 566 g/mol. The standard InChI is InChI=1S/C26H30Cl2N4O4S/c1-4-31-19(15-30-11-12-32(16(3)14-30)24(33)20-10-7-13-37-20)21(25(34)36-5-2)23(29-26(31)35)17-8-6-9-18(27)22(17)28/h6-10,13,16,23H,4-5,11-12,14-15H2,1-3H3,(H,29,35)/t16-,23-/m0/s1. The van der Waals surface area contributed by atoms with Crippen molar-refractivity contribution < 1.29 is 19.1 Å². The second-order valence-corrected chi connectivity index (χ2v) is 10.6. The molecular formula is C26H30Cl2N4O4S. The number of likely N-dealkylation sites (N-methyl/N-ethyl adjacent to an activating group) is 1. The Morgan fingerprint density at radius 2 is 1.95 bits per heavy atom. The average Bonchev–Trinajstić information content (AvgIpc) is 3.40. The molecule has 0 saturated carbocycles. The number of esters is 1. The van der Waals surface area contributed by atoms with Crippen molar-refractivity contribution in [1.29, 1.82) is 0 Å². The summed E-state index contributed by atoms with van der Waals surface area (Å²) in [6.45, 7) is 8.24. The van der Waals surface area contributed by atoms with Crippen molar-refractivity contribution in [2.75, 3.05) is 39.3 Å². The minimum absolute atomic E-state index is 0.0245. The summed E-state index contributed by atoms with van der Waals surface area (Å²) >= 11 is 14.2. The van der Waals surface area contributed by atoms with Crippen molar-refractivity contribution in [2.24, 2.45) is 0 Å². The van der Waals surface area contributed by atoms with Gasteiger partial charge in [0.1, 0.15) is 0 Å². The largest absolute Gasteiger partial charge is 0.463 e. The van der Waals surface area contributed by atoms with Gasteiger partial charge >= 0.3 is 12.0 Å². The summed E-state index contributed by atoms with van der Waals surface area (Å²) in [5.41, 5.74) is 1.42. The van der Waals surface area contributed by atoms with E-state index < -0.39 is 12.0 Å². The number of rotatable bonds is 7. The number of piperazine rings is 1. The van der Waals surface area contributed by atoms with Crippen molar-refractivity contribution in [3.05, 3.63) is 67.5 Å². The highest BCUT2D eigenvalue weighted by atomic mass is 35.5. The van der Waals surface area contributed by atoms with E-state index in [-0.39, 0.29) is 29.6 Å². The number of nitrogens with one attached hydrogen (secondary N) is 1. The summed E-state index contributed by atoms with van der Waals surface area (Å²) in [6, 6.07) is 7.66. The van der Waals surface area contributed by atoms with Gasteiger partial charge in [-0.15, -0.1) is 11.3 Å². The summed E-state index contributed by atoms with van der Waals surface area (Å²) < 4.78 is 5.44. The van der Waals surface area contributed by atoms with Crippen LogP contribution in [-0.4, -0.2) is 78.0 Å². The van der Waals surface area contributed by atoms with Crippen molar-refractivity contribution in [2.45, 2.75) is 32.9 Å². The van der Waals surface area contributed by atoms with Crippen LogP contribution in [0.25, 0.3) is 0 Å². The van der Waals surface area contributed by atoms with Crippen molar-refractivity contribution in [3.63, 3.8) is 0 Å². The van der Waals surface area contributed by atoms with Gasteiger partial charge in [-0.1, -0.05) is 41.4 Å². The van der Waals surface area contributed by atoms with Crippen LogP contribution in [0.5, 0.6) is 0 Å². The van der Waals surface area contributed by atoms with Crippen LogP contribution < -0.4 is 5.32 Å². The van der Waals surface area contributed by atoms with Crippen molar-refractivity contribution in [3.8, 4) is 0 Å². The number of urea groups is 1. The maximum absolute atomic E-state index is 13.3. The fraction of sp³-hybridized carbons (Fsp3) is 0.423. The van der Waals surface area contributed by atoms with Crippen LogP contribution in [0.1, 0.15) is 42.0 Å².